The molecule has 1 aromatic rings. The average Bonchev–Trinajstić information content (AvgIpc) is 2.78. The molecule has 2 N–H and O–H groups in total. The molecule has 0 saturated heterocycles. The summed E-state index contributed by atoms with van der Waals surface area (Å²) < 4.78 is 28.5. The van der Waals surface area contributed by atoms with E-state index >= 15 is 0 Å². The third-order valence-corrected chi connectivity index (χ3v) is 4.75. The predicted molar refractivity (Wildman–Crippen MR) is 78.5 cm³/mol. The van der Waals surface area contributed by atoms with Crippen LogP contribution in [0.25, 0.3) is 0 Å². The lowest BCUT2D eigenvalue weighted by atomic mass is 10.0. The van der Waals surface area contributed by atoms with Gasteiger partial charge in [0.2, 0.25) is 0 Å². The van der Waals surface area contributed by atoms with Gasteiger partial charge in [-0.15, -0.1) is 0 Å². The maximum Gasteiger partial charge on any atom is 0.322 e. The second kappa shape index (κ2) is 6.57. The van der Waals surface area contributed by atoms with E-state index in [0.717, 1.165) is 0 Å². The van der Waals surface area contributed by atoms with Crippen molar-refractivity contribution in [2.45, 2.75) is 51.1 Å². The zero-order chi connectivity index (χ0) is 16.4. The van der Waals surface area contributed by atoms with Crippen LogP contribution >= 0.6 is 0 Å². The minimum absolute atomic E-state index is 0.0730. The summed E-state index contributed by atoms with van der Waals surface area (Å²) in [5.41, 5.74) is 0. The number of nitrogens with zero attached hydrogens (tertiary/aromatic N) is 2. The highest BCUT2D eigenvalue weighted by atomic mass is 32.2. The molecule has 0 unspecified atom stereocenters. The lowest BCUT2D eigenvalue weighted by molar-refractivity contribution is -0.140. The zero-order valence-electron chi connectivity index (χ0n) is 13.0. The van der Waals surface area contributed by atoms with Gasteiger partial charge >= 0.3 is 5.97 Å². The monoisotopic (exact) mass is 317 g/mol. The first kappa shape index (κ1) is 17.6. The second-order valence-corrected chi connectivity index (χ2v) is 7.19. The Morgan fingerprint density at radius 1 is 1.43 bits per heavy atom. The molecule has 0 aromatic carbocycles. The highest BCUT2D eigenvalue weighted by Crippen LogP contribution is 2.17. The highest BCUT2D eigenvalue weighted by Gasteiger charge is 2.31. The summed E-state index contributed by atoms with van der Waals surface area (Å²) in [5.74, 6) is -0.798. The first-order valence-electron chi connectivity index (χ1n) is 6.88. The first-order valence-corrected chi connectivity index (χ1v) is 8.36. The minimum Gasteiger partial charge on any atom is -0.480 e. The molecule has 0 amide bonds. The maximum atomic E-state index is 12.3. The SMILES string of the molecule is CC[C@H](C)[C@H](NS(=O)(=O)c1cn(C)c(C(C)C)n1)C(=O)O. The Bertz CT molecular complexity index is 607. The molecule has 0 saturated carbocycles. The molecule has 8 heteroatoms. The molecule has 0 aliphatic carbocycles. The van der Waals surface area contributed by atoms with Crippen LogP contribution in [-0.2, 0) is 21.9 Å². The number of nitrogens with one attached hydrogen (secondary N) is 1. The highest BCUT2D eigenvalue weighted by molar-refractivity contribution is 7.89. The summed E-state index contributed by atoms with van der Waals surface area (Å²) in [6.07, 6.45) is 1.95. The van der Waals surface area contributed by atoms with E-state index in [2.05, 4.69) is 9.71 Å². The lowest BCUT2D eigenvalue weighted by Crippen LogP contribution is -2.45. The quantitative estimate of drug-likeness (QED) is 0.790. The van der Waals surface area contributed by atoms with Gasteiger partial charge in [0, 0.05) is 19.2 Å². The number of hydrogen-bond acceptors (Lipinski definition) is 4. The molecule has 1 rings (SSSR count). The van der Waals surface area contributed by atoms with Gasteiger partial charge in [-0.1, -0.05) is 34.1 Å². The topological polar surface area (TPSA) is 101 Å². The van der Waals surface area contributed by atoms with Crippen molar-refractivity contribution in [3.63, 3.8) is 0 Å². The van der Waals surface area contributed by atoms with Crippen molar-refractivity contribution in [3.8, 4) is 0 Å². The number of aliphatic carboxylic acids is 1. The van der Waals surface area contributed by atoms with Crippen molar-refractivity contribution in [1.82, 2.24) is 14.3 Å². The Labute approximate surface area is 125 Å². The van der Waals surface area contributed by atoms with Crippen LogP contribution in [0, 0.1) is 5.92 Å². The minimum atomic E-state index is -3.96. The molecule has 120 valence electrons. The van der Waals surface area contributed by atoms with Crippen LogP contribution in [0.3, 0.4) is 0 Å². The summed E-state index contributed by atoms with van der Waals surface area (Å²) in [7, 11) is -2.24. The van der Waals surface area contributed by atoms with Crippen molar-refractivity contribution in [1.29, 1.82) is 0 Å². The smallest absolute Gasteiger partial charge is 0.322 e. The van der Waals surface area contributed by atoms with Gasteiger partial charge in [-0.05, 0) is 5.92 Å². The fourth-order valence-electron chi connectivity index (χ4n) is 1.99. The Kier molecular flexibility index (Phi) is 5.52. The van der Waals surface area contributed by atoms with Gasteiger partial charge in [0.1, 0.15) is 11.9 Å². The van der Waals surface area contributed by atoms with Gasteiger partial charge in [0.05, 0.1) is 0 Å². The van der Waals surface area contributed by atoms with Crippen LogP contribution in [0.1, 0.15) is 45.9 Å². The second-order valence-electron chi connectivity index (χ2n) is 5.53. The Hall–Kier alpha value is -1.41. The van der Waals surface area contributed by atoms with E-state index in [9.17, 15) is 18.3 Å². The number of carboxylic acid groups (broad SMARTS) is 1. The summed E-state index contributed by atoms with van der Waals surface area (Å²) in [4.78, 5) is 15.3. The van der Waals surface area contributed by atoms with Crippen LogP contribution in [0.15, 0.2) is 11.2 Å². The number of rotatable bonds is 7. The molecule has 21 heavy (non-hydrogen) atoms. The number of aryl methyl sites for hydroxylation is 1. The largest absolute Gasteiger partial charge is 0.480 e. The number of carboxylic acids is 1. The van der Waals surface area contributed by atoms with Gasteiger partial charge in [-0.3, -0.25) is 4.79 Å². The fraction of sp³-hybridized carbons (Fsp3) is 0.692. The van der Waals surface area contributed by atoms with Crippen LogP contribution < -0.4 is 4.72 Å². The Morgan fingerprint density at radius 3 is 2.38 bits per heavy atom. The Balaban J connectivity index is 3.11. The molecule has 1 aromatic heterocycles. The van der Waals surface area contributed by atoms with E-state index in [0.29, 0.717) is 12.2 Å². The third kappa shape index (κ3) is 4.04. The maximum absolute atomic E-state index is 12.3. The molecular formula is C13H23N3O4S. The van der Waals surface area contributed by atoms with Gasteiger partial charge in [-0.2, -0.15) is 4.72 Å². The van der Waals surface area contributed by atoms with Crippen LogP contribution in [0.4, 0.5) is 0 Å². The van der Waals surface area contributed by atoms with E-state index in [-0.39, 0.29) is 16.9 Å². The van der Waals surface area contributed by atoms with Gasteiger partial charge < -0.3 is 9.67 Å². The normalized spacial score (nSPS) is 15.1. The van der Waals surface area contributed by atoms with Crippen LogP contribution in [-0.4, -0.2) is 35.1 Å². The number of aromatic nitrogens is 2. The lowest BCUT2D eigenvalue weighted by Gasteiger charge is -2.19. The first-order chi connectivity index (χ1) is 9.60. The summed E-state index contributed by atoms with van der Waals surface area (Å²) in [6, 6.07) is -1.16. The summed E-state index contributed by atoms with van der Waals surface area (Å²) in [5, 5.41) is 9.03. The van der Waals surface area contributed by atoms with Crippen LogP contribution in [0.5, 0.6) is 0 Å². The molecule has 0 spiro atoms. The van der Waals surface area contributed by atoms with Gasteiger partial charge in [0.15, 0.2) is 5.03 Å². The molecule has 1 heterocycles. The van der Waals surface area contributed by atoms with E-state index < -0.39 is 22.0 Å². The van der Waals surface area contributed by atoms with Crippen molar-refractivity contribution < 1.29 is 18.3 Å². The zero-order valence-corrected chi connectivity index (χ0v) is 13.8. The number of carbonyl (C=O) groups is 1. The number of hydrogen-bond donors (Lipinski definition) is 2. The van der Waals surface area contributed by atoms with E-state index in [1.807, 2.05) is 20.8 Å². The van der Waals surface area contributed by atoms with Crippen molar-refractivity contribution in [2.75, 3.05) is 0 Å². The summed E-state index contributed by atoms with van der Waals surface area (Å²) >= 11 is 0. The molecule has 2 atom stereocenters. The summed E-state index contributed by atoms with van der Waals surface area (Å²) in [6.45, 7) is 7.32. The molecule has 0 aliphatic rings. The molecule has 7 nitrogen and oxygen atoms in total. The molecule has 0 aliphatic heterocycles. The van der Waals surface area contributed by atoms with E-state index in [1.54, 1.807) is 18.5 Å². The predicted octanol–water partition coefficient (Wildman–Crippen LogP) is 1.32. The van der Waals surface area contributed by atoms with Crippen LogP contribution in [0.2, 0.25) is 0 Å². The number of imidazole rings is 1. The van der Waals surface area contributed by atoms with Crippen molar-refractivity contribution >= 4 is 16.0 Å². The third-order valence-electron chi connectivity index (χ3n) is 3.44. The fourth-order valence-corrected chi connectivity index (χ4v) is 3.29. The molecule has 0 fully saturated rings. The van der Waals surface area contributed by atoms with Gasteiger partial charge in [0.25, 0.3) is 10.0 Å². The van der Waals surface area contributed by atoms with E-state index in [4.69, 9.17) is 0 Å². The molecular weight excluding hydrogens is 294 g/mol. The molecule has 0 radical (unpaired) electrons. The van der Waals surface area contributed by atoms with Crippen molar-refractivity contribution in [2.24, 2.45) is 13.0 Å². The molecule has 0 bridgehead atoms. The van der Waals surface area contributed by atoms with E-state index in [1.165, 1.54) is 6.20 Å². The standard InChI is InChI=1S/C13H23N3O4S/c1-6-9(4)11(13(17)18)15-21(19,20)10-7-16(5)12(14-10)8(2)3/h7-9,11,15H,6H2,1-5H3,(H,17,18)/t9-,11-/m0/s1. The van der Waals surface area contributed by atoms with Gasteiger partial charge in [-0.25, -0.2) is 13.4 Å². The number of sulfonamides is 1. The average molecular weight is 317 g/mol. The Morgan fingerprint density at radius 2 is 2.00 bits per heavy atom. The van der Waals surface area contributed by atoms with Crippen molar-refractivity contribution in [3.05, 3.63) is 12.0 Å².